The first-order valence-electron chi connectivity index (χ1n) is 8.73. The fourth-order valence-corrected chi connectivity index (χ4v) is 2.79. The maximum Gasteiger partial charge on any atom is 0.418 e. The lowest BCUT2D eigenvalue weighted by atomic mass is 10.1. The lowest BCUT2D eigenvalue weighted by molar-refractivity contribution is -0.385. The van der Waals surface area contributed by atoms with Gasteiger partial charge in [0.15, 0.2) is 0 Å². The van der Waals surface area contributed by atoms with Crippen molar-refractivity contribution >= 4 is 34.4 Å². The van der Waals surface area contributed by atoms with Gasteiger partial charge < -0.3 is 10.0 Å². The minimum absolute atomic E-state index is 0.00491. The number of benzene rings is 2. The molecule has 168 valence electrons. The van der Waals surface area contributed by atoms with Crippen molar-refractivity contribution in [2.24, 2.45) is 10.2 Å². The van der Waals surface area contributed by atoms with Crippen molar-refractivity contribution in [1.82, 2.24) is 0 Å². The zero-order chi connectivity index (χ0) is 23.2. The largest absolute Gasteiger partial charge is 0.418 e. The highest BCUT2D eigenvalue weighted by atomic mass is 35.5. The molecule has 0 fully saturated rings. The minimum atomic E-state index is -4.90. The van der Waals surface area contributed by atoms with Gasteiger partial charge in [-0.25, -0.2) is 8.78 Å². The molecule has 2 aromatic rings. The maximum absolute atomic E-state index is 13.2. The third-order valence-corrected chi connectivity index (χ3v) is 4.35. The quantitative estimate of drug-likeness (QED) is 0.208. The highest BCUT2D eigenvalue weighted by Crippen LogP contribution is 2.39. The Hall–Kier alpha value is -2.86. The molecule has 0 aliphatic carbocycles. The van der Waals surface area contributed by atoms with E-state index in [0.717, 1.165) is 12.1 Å². The van der Waals surface area contributed by atoms with Crippen molar-refractivity contribution in [3.8, 4) is 0 Å². The van der Waals surface area contributed by atoms with Crippen molar-refractivity contribution in [3.05, 3.63) is 57.1 Å². The molecule has 0 aliphatic rings. The minimum Gasteiger partial charge on any atom is -0.395 e. The number of anilines is 1. The van der Waals surface area contributed by atoms with Gasteiger partial charge in [-0.1, -0.05) is 11.6 Å². The first-order chi connectivity index (χ1) is 14.5. The average molecular weight is 467 g/mol. The predicted molar refractivity (Wildman–Crippen MR) is 104 cm³/mol. The second-order valence-corrected chi connectivity index (χ2v) is 6.59. The number of aliphatic hydroxyl groups excluding tert-OH is 1. The lowest BCUT2D eigenvalue weighted by Crippen LogP contribution is -2.28. The predicted octanol–water partition coefficient (Wildman–Crippen LogP) is 6.14. The van der Waals surface area contributed by atoms with Gasteiger partial charge in [0.25, 0.3) is 5.69 Å². The normalized spacial score (nSPS) is 12.0. The summed E-state index contributed by atoms with van der Waals surface area (Å²) in [6.45, 7) is -0.266. The number of hydrogen-bond acceptors (Lipinski definition) is 6. The Bertz CT molecular complexity index is 956. The van der Waals surface area contributed by atoms with Crippen molar-refractivity contribution in [3.63, 3.8) is 0 Å². The van der Waals surface area contributed by atoms with Crippen LogP contribution in [0.15, 0.2) is 46.6 Å². The molecule has 1 N–H and O–H groups in total. The Morgan fingerprint density at radius 1 is 1.10 bits per heavy atom. The summed E-state index contributed by atoms with van der Waals surface area (Å²) in [5.41, 5.74) is -2.32. The van der Waals surface area contributed by atoms with Crippen LogP contribution >= 0.6 is 11.6 Å². The van der Waals surface area contributed by atoms with E-state index in [-0.39, 0.29) is 30.4 Å². The molecule has 0 atom stereocenters. The molecule has 31 heavy (non-hydrogen) atoms. The van der Waals surface area contributed by atoms with E-state index >= 15 is 0 Å². The zero-order valence-corrected chi connectivity index (χ0v) is 16.4. The number of halogens is 6. The molecule has 0 radical (unpaired) electrons. The number of alkyl halides is 5. The Labute approximate surface area is 177 Å². The monoisotopic (exact) mass is 466 g/mol. The Morgan fingerprint density at radius 3 is 2.29 bits per heavy atom. The van der Waals surface area contributed by atoms with Crippen LogP contribution in [-0.2, 0) is 6.18 Å². The summed E-state index contributed by atoms with van der Waals surface area (Å²) in [6, 6.07) is 6.17. The number of nitrogens with zero attached hydrogens (tertiary/aromatic N) is 4. The number of non-ortho nitro benzene ring substituents is 1. The first kappa shape index (κ1) is 24.4. The maximum atomic E-state index is 13.2. The van der Waals surface area contributed by atoms with Gasteiger partial charge in [-0.3, -0.25) is 10.1 Å². The summed E-state index contributed by atoms with van der Waals surface area (Å²) in [5.74, 6) is 0. The third kappa shape index (κ3) is 6.82. The summed E-state index contributed by atoms with van der Waals surface area (Å²) in [7, 11) is 0. The molecule has 2 rings (SSSR count). The SMILES string of the molecule is O=[N+]([O-])c1ccc(N=Nc2ccc(N(CCO)CCC(F)F)cc2Cl)c(C(F)(F)F)c1. The van der Waals surface area contributed by atoms with Crippen molar-refractivity contribution in [2.45, 2.75) is 19.0 Å². The van der Waals surface area contributed by atoms with E-state index in [1.165, 1.54) is 23.1 Å². The number of azo groups is 1. The highest BCUT2D eigenvalue weighted by molar-refractivity contribution is 6.33. The van der Waals surface area contributed by atoms with Crippen LogP contribution in [0, 0.1) is 10.1 Å². The van der Waals surface area contributed by atoms with E-state index in [1.54, 1.807) is 0 Å². The molecular weight excluding hydrogens is 451 g/mol. The average Bonchev–Trinajstić information content (AvgIpc) is 2.69. The van der Waals surface area contributed by atoms with Gasteiger partial charge >= 0.3 is 6.18 Å². The highest BCUT2D eigenvalue weighted by Gasteiger charge is 2.35. The summed E-state index contributed by atoms with van der Waals surface area (Å²) in [5, 5.41) is 27.0. The molecular formula is C18H16ClF5N4O3. The Morgan fingerprint density at radius 2 is 1.74 bits per heavy atom. The second-order valence-electron chi connectivity index (χ2n) is 6.18. The third-order valence-electron chi connectivity index (χ3n) is 4.05. The topological polar surface area (TPSA) is 91.3 Å². The fraction of sp³-hybridized carbons (Fsp3) is 0.333. The van der Waals surface area contributed by atoms with Crippen LogP contribution in [0.5, 0.6) is 0 Å². The molecule has 0 aromatic heterocycles. The molecule has 0 spiro atoms. The van der Waals surface area contributed by atoms with Gasteiger partial charge in [-0.15, -0.1) is 10.2 Å². The van der Waals surface area contributed by atoms with Crippen molar-refractivity contribution < 1.29 is 32.0 Å². The molecule has 0 unspecified atom stereocenters. The number of hydrogen-bond donors (Lipinski definition) is 1. The van der Waals surface area contributed by atoms with Crippen LogP contribution in [0.25, 0.3) is 0 Å². The molecule has 0 saturated carbocycles. The van der Waals surface area contributed by atoms with Crippen molar-refractivity contribution in [1.29, 1.82) is 0 Å². The zero-order valence-electron chi connectivity index (χ0n) is 15.7. The molecule has 0 saturated heterocycles. The Balaban J connectivity index is 2.32. The molecule has 7 nitrogen and oxygen atoms in total. The van der Waals surface area contributed by atoms with E-state index in [1.807, 2.05) is 0 Å². The second kappa shape index (κ2) is 10.4. The van der Waals surface area contributed by atoms with E-state index < -0.39 is 40.9 Å². The van der Waals surface area contributed by atoms with Gasteiger partial charge in [-0.05, 0) is 24.3 Å². The van der Waals surface area contributed by atoms with Crippen LogP contribution in [0.3, 0.4) is 0 Å². The van der Waals surface area contributed by atoms with E-state index in [9.17, 15) is 32.1 Å². The van der Waals surface area contributed by atoms with Crippen LogP contribution in [0.2, 0.25) is 5.02 Å². The fourth-order valence-electron chi connectivity index (χ4n) is 2.58. The number of aliphatic hydroxyl groups is 1. The lowest BCUT2D eigenvalue weighted by Gasteiger charge is -2.24. The van der Waals surface area contributed by atoms with E-state index in [0.29, 0.717) is 11.8 Å². The summed E-state index contributed by atoms with van der Waals surface area (Å²) < 4.78 is 64.6. The van der Waals surface area contributed by atoms with Crippen LogP contribution < -0.4 is 4.90 Å². The standard InChI is InChI=1S/C18H16ClF5N4O3/c19-14-10-11(27(7-8-29)6-5-17(20)21)1-4-16(14)26-25-15-3-2-12(28(30)31)9-13(15)18(22,23)24/h1-4,9-10,17,29H,5-8H2. The number of nitro benzene ring substituents is 1. The van der Waals surface area contributed by atoms with Crippen LogP contribution in [-0.4, -0.2) is 36.2 Å². The summed E-state index contributed by atoms with van der Waals surface area (Å²) >= 11 is 6.10. The summed E-state index contributed by atoms with van der Waals surface area (Å²) in [6.07, 6.45) is -7.86. The van der Waals surface area contributed by atoms with E-state index in [2.05, 4.69) is 10.2 Å². The van der Waals surface area contributed by atoms with Gasteiger partial charge in [0, 0.05) is 37.3 Å². The molecule has 13 heteroatoms. The first-order valence-corrected chi connectivity index (χ1v) is 9.11. The molecule has 0 bridgehead atoms. The van der Waals surface area contributed by atoms with Crippen LogP contribution in [0.4, 0.5) is 44.7 Å². The number of nitro groups is 1. The van der Waals surface area contributed by atoms with Gasteiger partial charge in [0.05, 0.1) is 27.8 Å². The van der Waals surface area contributed by atoms with Crippen LogP contribution in [0.1, 0.15) is 12.0 Å². The van der Waals surface area contributed by atoms with Gasteiger partial charge in [0.1, 0.15) is 5.69 Å². The van der Waals surface area contributed by atoms with Crippen molar-refractivity contribution in [2.75, 3.05) is 24.6 Å². The molecule has 0 amide bonds. The molecule has 0 heterocycles. The molecule has 0 aliphatic heterocycles. The van der Waals surface area contributed by atoms with E-state index in [4.69, 9.17) is 16.7 Å². The smallest absolute Gasteiger partial charge is 0.395 e. The van der Waals surface area contributed by atoms with Gasteiger partial charge in [0.2, 0.25) is 6.43 Å². The number of rotatable bonds is 9. The Kier molecular flexibility index (Phi) is 8.22. The van der Waals surface area contributed by atoms with Gasteiger partial charge in [-0.2, -0.15) is 13.2 Å². The summed E-state index contributed by atoms with van der Waals surface area (Å²) in [4.78, 5) is 11.2. The molecule has 2 aromatic carbocycles.